The lowest BCUT2D eigenvalue weighted by Crippen LogP contribution is -2.37. The number of rotatable bonds is 4. The van der Waals surface area contributed by atoms with Crippen LogP contribution in [0.5, 0.6) is 0 Å². The predicted molar refractivity (Wildman–Crippen MR) is 114 cm³/mol. The van der Waals surface area contributed by atoms with E-state index in [-0.39, 0.29) is 5.91 Å². The third-order valence-corrected chi connectivity index (χ3v) is 4.95. The average molecular weight is 406 g/mol. The summed E-state index contributed by atoms with van der Waals surface area (Å²) in [5.74, 6) is 0.606. The third kappa shape index (κ3) is 4.15. The number of ether oxygens (including phenoxy) is 1. The summed E-state index contributed by atoms with van der Waals surface area (Å²) >= 11 is 0. The van der Waals surface area contributed by atoms with Crippen molar-refractivity contribution in [1.29, 1.82) is 0 Å². The Hall–Kier alpha value is -3.35. The molecule has 0 saturated heterocycles. The molecule has 3 aromatic rings. The minimum Gasteiger partial charge on any atom is -0.444 e. The lowest BCUT2D eigenvalue weighted by atomic mass is 10.1. The van der Waals surface area contributed by atoms with Crippen LogP contribution in [0.1, 0.15) is 48.6 Å². The van der Waals surface area contributed by atoms with Gasteiger partial charge in [-0.25, -0.2) is 9.78 Å². The number of hydrogen-bond acceptors (Lipinski definition) is 4. The summed E-state index contributed by atoms with van der Waals surface area (Å²) in [6.45, 7) is 6.58. The van der Waals surface area contributed by atoms with Crippen molar-refractivity contribution in [1.82, 2.24) is 20.2 Å². The quantitative estimate of drug-likeness (QED) is 0.693. The Morgan fingerprint density at radius 2 is 1.97 bits per heavy atom. The Labute approximate surface area is 175 Å². The van der Waals surface area contributed by atoms with Crippen molar-refractivity contribution in [2.24, 2.45) is 0 Å². The third-order valence-electron chi connectivity index (χ3n) is 4.95. The van der Waals surface area contributed by atoms with Crippen molar-refractivity contribution in [2.75, 3.05) is 6.54 Å². The zero-order valence-corrected chi connectivity index (χ0v) is 17.4. The van der Waals surface area contributed by atoms with Gasteiger partial charge in [0, 0.05) is 19.5 Å². The highest BCUT2D eigenvalue weighted by molar-refractivity contribution is 6.05. The molecule has 2 N–H and O–H groups in total. The van der Waals surface area contributed by atoms with Crippen LogP contribution in [0.15, 0.2) is 48.5 Å². The molecule has 2 amide bonds. The van der Waals surface area contributed by atoms with Gasteiger partial charge in [-0.3, -0.25) is 4.79 Å². The van der Waals surface area contributed by atoms with Crippen molar-refractivity contribution in [3.05, 3.63) is 65.5 Å². The Balaban J connectivity index is 1.77. The van der Waals surface area contributed by atoms with E-state index < -0.39 is 17.7 Å². The molecule has 0 saturated carbocycles. The van der Waals surface area contributed by atoms with Gasteiger partial charge in [0.05, 0.1) is 22.6 Å². The first-order chi connectivity index (χ1) is 14.3. The molecule has 0 bridgehead atoms. The highest BCUT2D eigenvalue weighted by Crippen LogP contribution is 2.27. The first kappa shape index (κ1) is 19.9. The number of para-hydroxylation sites is 1. The lowest BCUT2D eigenvalue weighted by Gasteiger charge is -2.24. The van der Waals surface area contributed by atoms with Crippen LogP contribution in [0.4, 0.5) is 4.79 Å². The molecule has 1 aromatic heterocycles. The van der Waals surface area contributed by atoms with Gasteiger partial charge in [0.25, 0.3) is 5.91 Å². The maximum Gasteiger partial charge on any atom is 0.408 e. The van der Waals surface area contributed by atoms with Crippen LogP contribution >= 0.6 is 0 Å². The van der Waals surface area contributed by atoms with E-state index in [0.717, 1.165) is 16.6 Å². The Kier molecular flexibility index (Phi) is 5.20. The average Bonchev–Trinajstić information content (AvgIpc) is 2.96. The Morgan fingerprint density at radius 1 is 1.20 bits per heavy atom. The van der Waals surface area contributed by atoms with Gasteiger partial charge in [-0.05, 0) is 38.5 Å². The predicted octanol–water partition coefficient (Wildman–Crippen LogP) is 3.59. The van der Waals surface area contributed by atoms with Crippen LogP contribution in [-0.2, 0) is 17.7 Å². The van der Waals surface area contributed by atoms with Crippen LogP contribution in [0.25, 0.3) is 11.0 Å². The van der Waals surface area contributed by atoms with Crippen molar-refractivity contribution < 1.29 is 14.3 Å². The van der Waals surface area contributed by atoms with E-state index in [9.17, 15) is 9.59 Å². The molecule has 0 spiro atoms. The molecular formula is C23H26N4O3. The van der Waals surface area contributed by atoms with Crippen molar-refractivity contribution >= 4 is 23.0 Å². The summed E-state index contributed by atoms with van der Waals surface area (Å²) in [6, 6.07) is 15.1. The highest BCUT2D eigenvalue weighted by Gasteiger charge is 2.28. The molecule has 0 fully saturated rings. The number of nitrogens with zero attached hydrogens (tertiary/aromatic N) is 2. The van der Waals surface area contributed by atoms with Crippen molar-refractivity contribution in [3.8, 4) is 0 Å². The van der Waals surface area contributed by atoms with E-state index in [1.54, 1.807) is 6.07 Å². The van der Waals surface area contributed by atoms with Gasteiger partial charge in [0.1, 0.15) is 11.4 Å². The van der Waals surface area contributed by atoms with E-state index in [4.69, 9.17) is 9.72 Å². The van der Waals surface area contributed by atoms with Crippen LogP contribution < -0.4 is 10.6 Å². The normalized spacial score (nSPS) is 14.7. The molecule has 156 valence electrons. The van der Waals surface area contributed by atoms with Crippen LogP contribution in [0, 0.1) is 0 Å². The first-order valence-corrected chi connectivity index (χ1v) is 10.1. The summed E-state index contributed by atoms with van der Waals surface area (Å²) in [5.41, 5.74) is 2.60. The number of benzene rings is 2. The molecule has 1 aliphatic heterocycles. The molecule has 0 aliphatic carbocycles. The van der Waals surface area contributed by atoms with Gasteiger partial charge < -0.3 is 19.9 Å². The molecule has 7 heteroatoms. The maximum atomic E-state index is 12.6. The molecule has 1 atom stereocenters. The van der Waals surface area contributed by atoms with E-state index in [2.05, 4.69) is 10.6 Å². The standard InChI is InChI=1S/C23H26N4O3/c1-23(2,3)30-22(29)26-18(14-15-8-5-4-6-9-15)20-25-17-11-7-10-16-19(17)27(20)13-12-24-21(16)28/h4-11,18H,12-14H2,1-3H3,(H,24,28)(H,26,29)/t18-/m1/s1. The van der Waals surface area contributed by atoms with E-state index in [1.807, 2.05) is 67.8 Å². The number of carbonyl (C=O) groups is 2. The molecule has 4 rings (SSSR count). The van der Waals surface area contributed by atoms with E-state index >= 15 is 0 Å². The minimum atomic E-state index is -0.603. The monoisotopic (exact) mass is 406 g/mol. The van der Waals surface area contributed by atoms with Gasteiger partial charge in [0.15, 0.2) is 0 Å². The number of aromatic nitrogens is 2. The lowest BCUT2D eigenvalue weighted by molar-refractivity contribution is 0.0500. The number of imidazole rings is 1. The largest absolute Gasteiger partial charge is 0.444 e. The second kappa shape index (κ2) is 7.82. The number of carbonyl (C=O) groups excluding carboxylic acids is 2. The molecule has 0 unspecified atom stereocenters. The summed E-state index contributed by atoms with van der Waals surface area (Å²) in [4.78, 5) is 29.9. The molecule has 2 aromatic carbocycles. The molecule has 30 heavy (non-hydrogen) atoms. The number of hydrogen-bond donors (Lipinski definition) is 2. The molecule has 1 aliphatic rings. The molecule has 2 heterocycles. The molecule has 0 radical (unpaired) electrons. The van der Waals surface area contributed by atoms with Crippen molar-refractivity contribution in [3.63, 3.8) is 0 Å². The smallest absolute Gasteiger partial charge is 0.408 e. The molecule has 7 nitrogen and oxygen atoms in total. The Morgan fingerprint density at radius 3 is 2.70 bits per heavy atom. The zero-order chi connectivity index (χ0) is 21.3. The van der Waals surface area contributed by atoms with Crippen molar-refractivity contribution in [2.45, 2.75) is 45.4 Å². The fourth-order valence-corrected chi connectivity index (χ4v) is 3.76. The van der Waals surface area contributed by atoms with Gasteiger partial charge in [-0.15, -0.1) is 0 Å². The fraction of sp³-hybridized carbons (Fsp3) is 0.348. The minimum absolute atomic E-state index is 0.106. The topological polar surface area (TPSA) is 85.2 Å². The van der Waals surface area contributed by atoms with Gasteiger partial charge >= 0.3 is 6.09 Å². The van der Waals surface area contributed by atoms with Crippen LogP contribution in [0.3, 0.4) is 0 Å². The summed E-state index contributed by atoms with van der Waals surface area (Å²) < 4.78 is 7.54. The summed E-state index contributed by atoms with van der Waals surface area (Å²) in [5, 5.41) is 5.92. The van der Waals surface area contributed by atoms with Gasteiger partial charge in [0.2, 0.25) is 0 Å². The first-order valence-electron chi connectivity index (χ1n) is 10.1. The highest BCUT2D eigenvalue weighted by atomic mass is 16.6. The van der Waals surface area contributed by atoms with E-state index in [0.29, 0.717) is 30.9 Å². The van der Waals surface area contributed by atoms with Crippen LogP contribution in [-0.4, -0.2) is 33.7 Å². The van der Waals surface area contributed by atoms with Gasteiger partial charge in [-0.2, -0.15) is 0 Å². The van der Waals surface area contributed by atoms with E-state index in [1.165, 1.54) is 0 Å². The second-order valence-corrected chi connectivity index (χ2v) is 8.44. The van der Waals surface area contributed by atoms with Gasteiger partial charge in [-0.1, -0.05) is 36.4 Å². The second-order valence-electron chi connectivity index (χ2n) is 8.44. The number of nitrogens with one attached hydrogen (secondary N) is 2. The SMILES string of the molecule is CC(C)(C)OC(=O)N[C@H](Cc1ccccc1)c1nc2cccc3c2n1CCNC3=O. The fourth-order valence-electron chi connectivity index (χ4n) is 3.76. The number of alkyl carbamates (subject to hydrolysis) is 1. The Bertz CT molecular complexity index is 1080. The van der Waals surface area contributed by atoms with Crippen LogP contribution in [0.2, 0.25) is 0 Å². The summed E-state index contributed by atoms with van der Waals surface area (Å²) in [7, 11) is 0. The number of amides is 2. The molecular weight excluding hydrogens is 380 g/mol. The maximum absolute atomic E-state index is 12.6. The zero-order valence-electron chi connectivity index (χ0n) is 17.4. The summed E-state index contributed by atoms with van der Waals surface area (Å²) in [6.07, 6.45) is 0.0615.